The Morgan fingerprint density at radius 1 is 0.900 bits per heavy atom. The van der Waals surface area contributed by atoms with E-state index in [0.717, 1.165) is 11.1 Å². The van der Waals surface area contributed by atoms with Crippen molar-refractivity contribution in [1.82, 2.24) is 0 Å². The van der Waals surface area contributed by atoms with Crippen molar-refractivity contribution in [2.75, 3.05) is 0 Å². The molecule has 0 heterocycles. The second kappa shape index (κ2) is 4.89. The van der Waals surface area contributed by atoms with Crippen LogP contribution in [0.4, 0.5) is 5.69 Å². The number of aryl methyl sites for hydroxylation is 1. The predicted molar refractivity (Wildman–Crippen MR) is 87.7 cm³/mol. The van der Waals surface area contributed by atoms with Crippen LogP contribution >= 0.6 is 0 Å². The van der Waals surface area contributed by atoms with Crippen molar-refractivity contribution in [1.29, 1.82) is 5.41 Å². The van der Waals surface area contributed by atoms with E-state index in [1.165, 1.54) is 27.9 Å². The Labute approximate surface area is 118 Å². The summed E-state index contributed by atoms with van der Waals surface area (Å²) in [6, 6.07) is 16.7. The van der Waals surface area contributed by atoms with Gasteiger partial charge in [0, 0.05) is 11.6 Å². The Morgan fingerprint density at radius 3 is 2.00 bits per heavy atom. The molecule has 0 radical (unpaired) electrons. The fourth-order valence-corrected chi connectivity index (χ4v) is 2.65. The van der Waals surface area contributed by atoms with Gasteiger partial charge >= 0.3 is 0 Å². The lowest BCUT2D eigenvalue weighted by atomic mass is 9.96. The Kier molecular flexibility index (Phi) is 3.07. The Morgan fingerprint density at radius 2 is 1.40 bits per heavy atom. The average molecular weight is 260 g/mol. The number of rotatable bonds is 2. The molecule has 0 aliphatic carbocycles. The molecule has 98 valence electrons. The summed E-state index contributed by atoms with van der Waals surface area (Å²) in [5.41, 5.74) is 2.86. The van der Waals surface area contributed by atoms with Crippen molar-refractivity contribution in [3.63, 3.8) is 0 Å². The highest BCUT2D eigenvalue weighted by atomic mass is 14.8. The van der Waals surface area contributed by atoms with Gasteiger partial charge in [-0.15, -0.1) is 0 Å². The van der Waals surface area contributed by atoms with Gasteiger partial charge in [0.1, 0.15) is 0 Å². The van der Waals surface area contributed by atoms with E-state index in [4.69, 9.17) is 5.41 Å². The lowest BCUT2D eigenvalue weighted by Gasteiger charge is -2.12. The van der Waals surface area contributed by atoms with Gasteiger partial charge in [0.2, 0.25) is 0 Å². The monoisotopic (exact) mass is 260 g/mol. The molecule has 20 heavy (non-hydrogen) atoms. The van der Waals surface area contributed by atoms with E-state index in [1.807, 2.05) is 13.0 Å². The summed E-state index contributed by atoms with van der Waals surface area (Å²) in [5.74, 6) is 0. The third kappa shape index (κ3) is 1.90. The maximum Gasteiger partial charge on any atom is 0.0747 e. The van der Waals surface area contributed by atoms with Crippen LogP contribution in [0.15, 0.2) is 53.5 Å². The largest absolute Gasteiger partial charge is 0.307 e. The lowest BCUT2D eigenvalue weighted by Crippen LogP contribution is -1.92. The van der Waals surface area contributed by atoms with Crippen LogP contribution in [0.2, 0.25) is 0 Å². The van der Waals surface area contributed by atoms with Crippen LogP contribution < -0.4 is 0 Å². The zero-order valence-electron chi connectivity index (χ0n) is 11.6. The minimum absolute atomic E-state index is 0.716. The first-order chi connectivity index (χ1) is 9.72. The standard InChI is InChI=1S/C18H16N2/c1-12(11-19)20-18-13(2)14-7-3-4-8-15(14)16-9-5-6-10-17(16)18/h3-11,19H,1-2H3. The zero-order chi connectivity index (χ0) is 14.1. The molecule has 0 aliphatic heterocycles. The molecule has 3 rings (SSSR count). The number of benzene rings is 3. The highest BCUT2D eigenvalue weighted by Crippen LogP contribution is 2.37. The average Bonchev–Trinajstić information content (AvgIpc) is 2.51. The minimum Gasteiger partial charge on any atom is -0.307 e. The SMILES string of the molecule is CC(C=N)=Nc1c(C)c2ccccc2c2ccccc12. The fourth-order valence-electron chi connectivity index (χ4n) is 2.65. The van der Waals surface area contributed by atoms with Crippen LogP contribution in [0.5, 0.6) is 0 Å². The first-order valence-electron chi connectivity index (χ1n) is 6.68. The molecule has 2 nitrogen and oxygen atoms in total. The summed E-state index contributed by atoms with van der Waals surface area (Å²) in [6.07, 6.45) is 1.30. The van der Waals surface area contributed by atoms with E-state index < -0.39 is 0 Å². The summed E-state index contributed by atoms with van der Waals surface area (Å²) < 4.78 is 0. The molecule has 2 heteroatoms. The Bertz CT molecular complexity index is 845. The van der Waals surface area contributed by atoms with Gasteiger partial charge in [-0.05, 0) is 35.6 Å². The summed E-state index contributed by atoms with van der Waals surface area (Å²) in [4.78, 5) is 4.63. The second-order valence-corrected chi connectivity index (χ2v) is 4.96. The predicted octanol–water partition coefficient (Wildman–Crippen LogP) is 5.04. The van der Waals surface area contributed by atoms with Gasteiger partial charge < -0.3 is 5.41 Å². The van der Waals surface area contributed by atoms with Crippen molar-refractivity contribution in [3.05, 3.63) is 54.1 Å². The molecule has 0 aromatic heterocycles. The van der Waals surface area contributed by atoms with Crippen molar-refractivity contribution in [2.45, 2.75) is 13.8 Å². The minimum atomic E-state index is 0.716. The highest BCUT2D eigenvalue weighted by Gasteiger charge is 2.10. The summed E-state index contributed by atoms with van der Waals surface area (Å²) in [5, 5.41) is 12.2. The van der Waals surface area contributed by atoms with Gasteiger partial charge in [-0.2, -0.15) is 0 Å². The van der Waals surface area contributed by atoms with Gasteiger partial charge in [-0.1, -0.05) is 48.5 Å². The van der Waals surface area contributed by atoms with Crippen LogP contribution in [-0.4, -0.2) is 11.9 Å². The lowest BCUT2D eigenvalue weighted by molar-refractivity contribution is 1.45. The zero-order valence-corrected chi connectivity index (χ0v) is 11.6. The topological polar surface area (TPSA) is 36.2 Å². The molecule has 3 aromatic carbocycles. The number of hydrogen-bond acceptors (Lipinski definition) is 2. The normalized spacial score (nSPS) is 12.0. The second-order valence-electron chi connectivity index (χ2n) is 4.96. The fraction of sp³-hybridized carbons (Fsp3) is 0.111. The summed E-state index contributed by atoms with van der Waals surface area (Å²) in [7, 11) is 0. The van der Waals surface area contributed by atoms with Gasteiger partial charge in [0.25, 0.3) is 0 Å². The van der Waals surface area contributed by atoms with E-state index >= 15 is 0 Å². The van der Waals surface area contributed by atoms with Crippen molar-refractivity contribution >= 4 is 39.2 Å². The number of nitrogens with one attached hydrogen (secondary N) is 1. The molecule has 0 unspecified atom stereocenters. The van der Waals surface area contributed by atoms with Crippen LogP contribution in [0.25, 0.3) is 21.5 Å². The van der Waals surface area contributed by atoms with Crippen molar-refractivity contribution < 1.29 is 0 Å². The molecular weight excluding hydrogens is 244 g/mol. The van der Waals surface area contributed by atoms with E-state index in [2.05, 4.69) is 54.4 Å². The Hall–Kier alpha value is -2.48. The molecule has 0 fully saturated rings. The maximum atomic E-state index is 7.34. The third-order valence-electron chi connectivity index (χ3n) is 3.66. The molecule has 0 saturated heterocycles. The number of fused-ring (bicyclic) bond motifs is 3. The van der Waals surface area contributed by atoms with Crippen LogP contribution in [0.1, 0.15) is 12.5 Å². The van der Waals surface area contributed by atoms with Gasteiger partial charge in [0.15, 0.2) is 0 Å². The van der Waals surface area contributed by atoms with Gasteiger partial charge in [0.05, 0.1) is 11.4 Å². The van der Waals surface area contributed by atoms with Crippen molar-refractivity contribution in [3.8, 4) is 0 Å². The smallest absolute Gasteiger partial charge is 0.0747 e. The van der Waals surface area contributed by atoms with Gasteiger partial charge in [-0.25, -0.2) is 0 Å². The van der Waals surface area contributed by atoms with Crippen LogP contribution in [0.3, 0.4) is 0 Å². The third-order valence-corrected chi connectivity index (χ3v) is 3.66. The molecule has 0 spiro atoms. The van der Waals surface area contributed by atoms with Gasteiger partial charge in [-0.3, -0.25) is 4.99 Å². The van der Waals surface area contributed by atoms with E-state index in [1.54, 1.807) is 0 Å². The van der Waals surface area contributed by atoms with Crippen molar-refractivity contribution in [2.24, 2.45) is 4.99 Å². The number of aliphatic imine (C=N–C) groups is 1. The molecule has 3 aromatic rings. The quantitative estimate of drug-likeness (QED) is 0.495. The summed E-state index contributed by atoms with van der Waals surface area (Å²) in [6.45, 7) is 3.96. The molecule has 0 atom stereocenters. The maximum absolute atomic E-state index is 7.34. The number of nitrogens with zero attached hydrogens (tertiary/aromatic N) is 1. The molecule has 1 N–H and O–H groups in total. The molecule has 0 aliphatic rings. The number of hydrogen-bond donors (Lipinski definition) is 1. The highest BCUT2D eigenvalue weighted by molar-refractivity contribution is 6.29. The summed E-state index contributed by atoms with van der Waals surface area (Å²) >= 11 is 0. The first kappa shape index (κ1) is 12.5. The van der Waals surface area contributed by atoms with E-state index in [9.17, 15) is 0 Å². The molecule has 0 saturated carbocycles. The van der Waals surface area contributed by atoms with E-state index in [0.29, 0.717) is 5.71 Å². The molecule has 0 bridgehead atoms. The van der Waals surface area contributed by atoms with Crippen LogP contribution in [-0.2, 0) is 0 Å². The molecule has 0 amide bonds. The van der Waals surface area contributed by atoms with E-state index in [-0.39, 0.29) is 0 Å². The Balaban J connectivity index is 2.54. The first-order valence-corrected chi connectivity index (χ1v) is 6.68. The van der Waals surface area contributed by atoms with Crippen LogP contribution in [0, 0.1) is 12.3 Å². The molecular formula is C18H16N2.